The van der Waals surface area contributed by atoms with Gasteiger partial charge in [0, 0.05) is 36.9 Å². The SMILES string of the molecule is COCCOCCOCCOCCNC(=O)COCc1cc(-c2cc(-c3cccc(C(F)(F)F)c3)ccc2Oc2ccc(S(=O)(=O)Nc3ncns3)cc2C#N)ccn1. The molecule has 0 bridgehead atoms. The summed E-state index contributed by atoms with van der Waals surface area (Å²) in [4.78, 5) is 20.3. The van der Waals surface area contributed by atoms with Gasteiger partial charge in [-0.3, -0.25) is 14.5 Å². The largest absolute Gasteiger partial charge is 0.455 e. The van der Waals surface area contributed by atoms with Crippen LogP contribution in [0.1, 0.15) is 16.8 Å². The third-order valence-electron chi connectivity index (χ3n) is 8.04. The molecular weight excluding hydrogens is 818 g/mol. The van der Waals surface area contributed by atoms with Gasteiger partial charge in [-0.15, -0.1) is 0 Å². The summed E-state index contributed by atoms with van der Waals surface area (Å²) < 4.78 is 106. The van der Waals surface area contributed by atoms with Crippen molar-refractivity contribution in [2.45, 2.75) is 17.7 Å². The maximum atomic E-state index is 13.6. The van der Waals surface area contributed by atoms with E-state index in [4.69, 9.17) is 28.4 Å². The van der Waals surface area contributed by atoms with Gasteiger partial charge in [0.2, 0.25) is 11.0 Å². The summed E-state index contributed by atoms with van der Waals surface area (Å²) in [5.74, 6) is -0.169. The number of sulfonamides is 1. The highest BCUT2D eigenvalue weighted by molar-refractivity contribution is 7.93. The first kappa shape index (κ1) is 44.6. The van der Waals surface area contributed by atoms with Crippen LogP contribution in [-0.2, 0) is 51.3 Å². The summed E-state index contributed by atoms with van der Waals surface area (Å²) in [7, 11) is -2.53. The molecule has 2 aromatic heterocycles. The normalized spacial score (nSPS) is 11.6. The van der Waals surface area contributed by atoms with Crippen LogP contribution >= 0.6 is 11.5 Å². The molecule has 5 aromatic rings. The van der Waals surface area contributed by atoms with E-state index in [1.54, 1.807) is 37.4 Å². The number of anilines is 1. The number of rotatable bonds is 23. The standard InChI is InChI=1S/C39H39F3N6O9S2/c1-52-13-14-54-17-18-55-16-15-53-12-11-45-37(49)25-56-24-32-20-29(9-10-44-32)34-22-28(27-3-2-4-31(19-27)39(40,41)42)5-7-36(34)57-35-8-6-33(21-30(35)23-43)59(50,51)48-38-46-26-47-58-38/h2-10,19-22,26H,11-18,24-25H2,1H3,(H,45,49)(H,46,47,48). The molecule has 0 spiro atoms. The molecule has 0 saturated carbocycles. The number of nitriles is 1. The smallest absolute Gasteiger partial charge is 0.416 e. The van der Waals surface area contributed by atoms with Crippen LogP contribution < -0.4 is 14.8 Å². The molecule has 15 nitrogen and oxygen atoms in total. The Morgan fingerprint density at radius 1 is 0.831 bits per heavy atom. The molecule has 2 N–H and O–H groups in total. The first-order valence-corrected chi connectivity index (χ1v) is 20.1. The maximum Gasteiger partial charge on any atom is 0.416 e. The van der Waals surface area contributed by atoms with E-state index in [0.29, 0.717) is 62.0 Å². The molecular formula is C39H39F3N6O9S2. The first-order valence-electron chi connectivity index (χ1n) is 17.8. The number of methoxy groups -OCH3 is 1. The topological polar surface area (TPSA) is 193 Å². The lowest BCUT2D eigenvalue weighted by atomic mass is 9.97. The number of aromatic nitrogens is 3. The second kappa shape index (κ2) is 22.0. The van der Waals surface area contributed by atoms with Gasteiger partial charge in [0.25, 0.3) is 10.0 Å². The van der Waals surface area contributed by atoms with E-state index in [1.807, 2.05) is 6.07 Å². The molecule has 0 aliphatic rings. The zero-order valence-electron chi connectivity index (χ0n) is 31.6. The van der Waals surface area contributed by atoms with E-state index in [0.717, 1.165) is 29.7 Å². The summed E-state index contributed by atoms with van der Waals surface area (Å²) in [6, 6.07) is 18.6. The Labute approximate surface area is 342 Å². The quantitative estimate of drug-likeness (QED) is 0.0719. The average Bonchev–Trinajstić information content (AvgIpc) is 3.73. The van der Waals surface area contributed by atoms with Gasteiger partial charge < -0.3 is 33.7 Å². The molecule has 1 amide bonds. The minimum absolute atomic E-state index is 0.0114. The molecule has 20 heteroatoms. The molecule has 0 fully saturated rings. The number of hydrogen-bond donors (Lipinski definition) is 2. The van der Waals surface area contributed by atoms with Crippen molar-refractivity contribution in [1.82, 2.24) is 19.7 Å². The van der Waals surface area contributed by atoms with E-state index in [-0.39, 0.29) is 64.9 Å². The number of ether oxygens (including phenoxy) is 6. The van der Waals surface area contributed by atoms with Crippen molar-refractivity contribution in [2.75, 3.05) is 71.2 Å². The molecule has 3 aromatic carbocycles. The fraction of sp³-hybridized carbons (Fsp3) is 0.308. The summed E-state index contributed by atoms with van der Waals surface area (Å²) >= 11 is 0.836. The van der Waals surface area contributed by atoms with Gasteiger partial charge in [-0.25, -0.2) is 13.4 Å². The van der Waals surface area contributed by atoms with Crippen LogP contribution in [0.5, 0.6) is 11.5 Å². The number of halogens is 3. The number of benzene rings is 3. The van der Waals surface area contributed by atoms with Gasteiger partial charge in [-0.2, -0.15) is 22.8 Å². The van der Waals surface area contributed by atoms with E-state index in [9.17, 15) is 31.6 Å². The molecule has 0 atom stereocenters. The predicted molar refractivity (Wildman–Crippen MR) is 209 cm³/mol. The van der Waals surface area contributed by atoms with E-state index < -0.39 is 21.8 Å². The lowest BCUT2D eigenvalue weighted by Gasteiger charge is -2.16. The van der Waals surface area contributed by atoms with Crippen LogP contribution in [0, 0.1) is 11.3 Å². The molecule has 0 aliphatic carbocycles. The third kappa shape index (κ3) is 13.8. The second-order valence-corrected chi connectivity index (χ2v) is 14.7. The number of pyridine rings is 1. The first-order chi connectivity index (χ1) is 28.5. The Balaban J connectivity index is 1.26. The van der Waals surface area contributed by atoms with Crippen LogP contribution in [0.2, 0.25) is 0 Å². The van der Waals surface area contributed by atoms with Crippen molar-refractivity contribution in [3.05, 3.63) is 102 Å². The van der Waals surface area contributed by atoms with Crippen molar-refractivity contribution in [3.63, 3.8) is 0 Å². The molecule has 0 unspecified atom stereocenters. The van der Waals surface area contributed by atoms with Gasteiger partial charge in [0.05, 0.1) is 74.6 Å². The Morgan fingerprint density at radius 2 is 1.56 bits per heavy atom. The van der Waals surface area contributed by atoms with Gasteiger partial charge in [0.15, 0.2) is 0 Å². The van der Waals surface area contributed by atoms with Gasteiger partial charge >= 0.3 is 6.18 Å². The van der Waals surface area contributed by atoms with Crippen LogP contribution in [0.4, 0.5) is 18.3 Å². The zero-order valence-corrected chi connectivity index (χ0v) is 33.2. The molecule has 59 heavy (non-hydrogen) atoms. The van der Waals surface area contributed by atoms with E-state index in [2.05, 4.69) is 24.4 Å². The van der Waals surface area contributed by atoms with Gasteiger partial charge in [0.1, 0.15) is 30.5 Å². The molecule has 0 radical (unpaired) electrons. The number of amides is 1. The molecule has 2 heterocycles. The van der Waals surface area contributed by atoms with E-state index in [1.165, 1.54) is 36.8 Å². The number of nitrogens with one attached hydrogen (secondary N) is 2. The second-order valence-electron chi connectivity index (χ2n) is 12.2. The highest BCUT2D eigenvalue weighted by Crippen LogP contribution is 2.39. The molecule has 0 aliphatic heterocycles. The molecule has 0 saturated heterocycles. The monoisotopic (exact) mass is 856 g/mol. The van der Waals surface area contributed by atoms with Crippen molar-refractivity contribution < 1.29 is 54.8 Å². The zero-order chi connectivity index (χ0) is 42.1. The van der Waals surface area contributed by atoms with Gasteiger partial charge in [-0.05, 0) is 71.3 Å². The maximum absolute atomic E-state index is 13.6. The fourth-order valence-electron chi connectivity index (χ4n) is 5.23. The predicted octanol–water partition coefficient (Wildman–Crippen LogP) is 6.08. The number of hydrogen-bond acceptors (Lipinski definition) is 14. The lowest BCUT2D eigenvalue weighted by molar-refractivity contribution is -0.137. The van der Waals surface area contributed by atoms with E-state index >= 15 is 0 Å². The Kier molecular flexibility index (Phi) is 16.6. The van der Waals surface area contributed by atoms with Crippen molar-refractivity contribution in [1.29, 1.82) is 5.26 Å². The summed E-state index contributed by atoms with van der Waals surface area (Å²) in [6.07, 6.45) is -1.88. The van der Waals surface area contributed by atoms with Gasteiger partial charge in [-0.1, -0.05) is 18.2 Å². The number of carbonyl (C=O) groups excluding carboxylic acids is 1. The van der Waals surface area contributed by atoms with Crippen LogP contribution in [0.15, 0.2) is 90.2 Å². The highest BCUT2D eigenvalue weighted by Gasteiger charge is 2.30. The minimum Gasteiger partial charge on any atom is -0.455 e. The Morgan fingerprint density at radius 3 is 2.27 bits per heavy atom. The van der Waals surface area contributed by atoms with Crippen LogP contribution in [0.3, 0.4) is 0 Å². The number of alkyl halides is 3. The Hall–Kier alpha value is -5.53. The lowest BCUT2D eigenvalue weighted by Crippen LogP contribution is -2.31. The Bertz CT molecular complexity index is 2290. The minimum atomic E-state index is -4.57. The third-order valence-corrected chi connectivity index (χ3v) is 10.1. The average molecular weight is 857 g/mol. The number of carbonyl (C=O) groups is 1. The fourth-order valence-corrected chi connectivity index (χ4v) is 6.92. The molecule has 312 valence electrons. The summed E-state index contributed by atoms with van der Waals surface area (Å²) in [5, 5.41) is 12.7. The van der Waals surface area contributed by atoms with Crippen molar-refractivity contribution in [3.8, 4) is 39.8 Å². The summed E-state index contributed by atoms with van der Waals surface area (Å²) in [5.41, 5.74) is 1.11. The number of nitrogens with zero attached hydrogens (tertiary/aromatic N) is 4. The van der Waals surface area contributed by atoms with Crippen LogP contribution in [-0.4, -0.2) is 95.2 Å². The highest BCUT2D eigenvalue weighted by atomic mass is 32.2. The summed E-state index contributed by atoms with van der Waals surface area (Å²) in [6.45, 7) is 2.83. The van der Waals surface area contributed by atoms with Crippen LogP contribution in [0.25, 0.3) is 22.3 Å². The molecule has 5 rings (SSSR count). The van der Waals surface area contributed by atoms with Crippen molar-refractivity contribution >= 4 is 32.6 Å². The van der Waals surface area contributed by atoms with Crippen molar-refractivity contribution in [2.24, 2.45) is 0 Å².